The number of hydrogen-bond donors (Lipinski definition) is 1. The van der Waals surface area contributed by atoms with Gasteiger partial charge in [-0.05, 0) is 48.2 Å². The third-order valence-corrected chi connectivity index (χ3v) is 3.02. The Balaban J connectivity index is 2.10. The van der Waals surface area contributed by atoms with Gasteiger partial charge in [-0.3, -0.25) is 0 Å². The van der Waals surface area contributed by atoms with Crippen LogP contribution in [0.15, 0.2) is 42.5 Å². The Morgan fingerprint density at radius 1 is 0.842 bits per heavy atom. The van der Waals surface area contributed by atoms with Crippen molar-refractivity contribution in [2.45, 2.75) is 12.8 Å². The molecule has 100 valence electrons. The summed E-state index contributed by atoms with van der Waals surface area (Å²) in [6.07, 6.45) is 1.74. The van der Waals surface area contributed by atoms with Crippen molar-refractivity contribution in [3.63, 3.8) is 0 Å². The van der Waals surface area contributed by atoms with Crippen LogP contribution in [-0.2, 0) is 12.8 Å². The highest BCUT2D eigenvalue weighted by Gasteiger charge is 2.03. The van der Waals surface area contributed by atoms with E-state index in [4.69, 9.17) is 9.47 Å². The van der Waals surface area contributed by atoms with Gasteiger partial charge in [0.25, 0.3) is 0 Å². The lowest BCUT2D eigenvalue weighted by molar-refractivity contribution is 0.393. The van der Waals surface area contributed by atoms with E-state index >= 15 is 0 Å². The van der Waals surface area contributed by atoms with E-state index in [1.54, 1.807) is 26.4 Å². The number of hydrogen-bond acceptors (Lipinski definition) is 3. The van der Waals surface area contributed by atoms with Gasteiger partial charge in [-0.2, -0.15) is 0 Å². The van der Waals surface area contributed by atoms with Crippen LogP contribution in [0, 0.1) is 0 Å². The molecule has 0 unspecified atom stereocenters. The summed E-state index contributed by atoms with van der Waals surface area (Å²) >= 11 is 0. The number of phenolic OH excluding ortho intramolecular Hbond substituents is 1. The average Bonchev–Trinajstić information content (AvgIpc) is 2.44. The highest BCUT2D eigenvalue weighted by Crippen LogP contribution is 2.23. The molecule has 2 rings (SSSR count). The number of methoxy groups -OCH3 is 2. The smallest absolute Gasteiger partial charge is 0.122 e. The van der Waals surface area contributed by atoms with Crippen molar-refractivity contribution in [2.24, 2.45) is 0 Å². The minimum Gasteiger partial charge on any atom is -0.508 e. The molecule has 3 nitrogen and oxygen atoms in total. The van der Waals surface area contributed by atoms with Gasteiger partial charge in [0.2, 0.25) is 0 Å². The summed E-state index contributed by atoms with van der Waals surface area (Å²) in [5.41, 5.74) is 2.27. The van der Waals surface area contributed by atoms with Crippen molar-refractivity contribution in [1.82, 2.24) is 0 Å². The van der Waals surface area contributed by atoms with Gasteiger partial charge >= 0.3 is 0 Å². The zero-order valence-corrected chi connectivity index (χ0v) is 11.2. The molecule has 2 aromatic rings. The van der Waals surface area contributed by atoms with E-state index < -0.39 is 0 Å². The molecule has 2 aromatic carbocycles. The molecule has 0 aliphatic carbocycles. The van der Waals surface area contributed by atoms with Crippen molar-refractivity contribution in [3.8, 4) is 17.2 Å². The number of rotatable bonds is 5. The molecule has 0 fully saturated rings. The molecule has 1 N–H and O–H groups in total. The number of benzene rings is 2. The Kier molecular flexibility index (Phi) is 4.29. The van der Waals surface area contributed by atoms with Gasteiger partial charge in [0.05, 0.1) is 14.2 Å². The molecular weight excluding hydrogens is 240 g/mol. The number of ether oxygens (including phenoxy) is 2. The van der Waals surface area contributed by atoms with Crippen molar-refractivity contribution in [3.05, 3.63) is 53.6 Å². The summed E-state index contributed by atoms with van der Waals surface area (Å²) < 4.78 is 10.5. The third-order valence-electron chi connectivity index (χ3n) is 3.02. The average molecular weight is 258 g/mol. The fourth-order valence-electron chi connectivity index (χ4n) is 2.01. The predicted octanol–water partition coefficient (Wildman–Crippen LogP) is 3.19. The van der Waals surface area contributed by atoms with Crippen LogP contribution < -0.4 is 9.47 Å². The lowest BCUT2D eigenvalue weighted by atomic mass is 10.0. The second-order valence-electron chi connectivity index (χ2n) is 4.39. The zero-order valence-electron chi connectivity index (χ0n) is 11.2. The fourth-order valence-corrected chi connectivity index (χ4v) is 2.01. The van der Waals surface area contributed by atoms with Gasteiger partial charge < -0.3 is 14.6 Å². The first-order valence-electron chi connectivity index (χ1n) is 6.21. The summed E-state index contributed by atoms with van der Waals surface area (Å²) in [5, 5.41) is 9.43. The van der Waals surface area contributed by atoms with E-state index in [1.807, 2.05) is 30.3 Å². The lowest BCUT2D eigenvalue weighted by Crippen LogP contribution is -1.94. The highest BCUT2D eigenvalue weighted by molar-refractivity contribution is 5.39. The maximum absolute atomic E-state index is 9.43. The molecular formula is C16H18O3. The van der Waals surface area contributed by atoms with E-state index in [0.29, 0.717) is 5.75 Å². The SMILES string of the molecule is COc1cc(CCc2cccc(O)c2)cc(OC)c1. The molecule has 0 aliphatic heterocycles. The van der Waals surface area contributed by atoms with Crippen LogP contribution in [0.5, 0.6) is 17.2 Å². The molecule has 0 aromatic heterocycles. The second kappa shape index (κ2) is 6.14. The van der Waals surface area contributed by atoms with Crippen LogP contribution >= 0.6 is 0 Å². The number of aryl methyl sites for hydroxylation is 2. The molecule has 0 heterocycles. The normalized spacial score (nSPS) is 10.2. The molecule has 0 atom stereocenters. The van der Waals surface area contributed by atoms with Crippen molar-refractivity contribution >= 4 is 0 Å². The first kappa shape index (κ1) is 13.3. The van der Waals surface area contributed by atoms with Crippen LogP contribution in [0.2, 0.25) is 0 Å². The summed E-state index contributed by atoms with van der Waals surface area (Å²) in [7, 11) is 3.29. The molecule has 19 heavy (non-hydrogen) atoms. The third kappa shape index (κ3) is 3.65. The van der Waals surface area contributed by atoms with Crippen molar-refractivity contribution in [1.29, 1.82) is 0 Å². The Hall–Kier alpha value is -2.16. The Bertz CT molecular complexity index is 527. The maximum atomic E-state index is 9.43. The molecule has 0 bridgehead atoms. The van der Waals surface area contributed by atoms with Gasteiger partial charge in [0, 0.05) is 6.07 Å². The van der Waals surface area contributed by atoms with E-state index in [1.165, 1.54) is 0 Å². The van der Waals surface area contributed by atoms with E-state index in [-0.39, 0.29) is 0 Å². The molecule has 0 radical (unpaired) electrons. The van der Waals surface area contributed by atoms with E-state index in [0.717, 1.165) is 35.5 Å². The quantitative estimate of drug-likeness (QED) is 0.895. The summed E-state index contributed by atoms with van der Waals surface area (Å²) in [5.74, 6) is 1.90. The van der Waals surface area contributed by atoms with Crippen LogP contribution in [0.25, 0.3) is 0 Å². The summed E-state index contributed by atoms with van der Waals surface area (Å²) in [6.45, 7) is 0. The van der Waals surface area contributed by atoms with Crippen LogP contribution in [0.1, 0.15) is 11.1 Å². The second-order valence-corrected chi connectivity index (χ2v) is 4.39. The van der Waals surface area contributed by atoms with Gasteiger partial charge in [-0.1, -0.05) is 12.1 Å². The summed E-state index contributed by atoms with van der Waals surface area (Å²) in [6, 6.07) is 13.2. The lowest BCUT2D eigenvalue weighted by Gasteiger charge is -2.08. The Labute approximate surface area is 113 Å². The monoisotopic (exact) mass is 258 g/mol. The van der Waals surface area contributed by atoms with E-state index in [9.17, 15) is 5.11 Å². The van der Waals surface area contributed by atoms with Gasteiger partial charge in [-0.15, -0.1) is 0 Å². The van der Waals surface area contributed by atoms with Gasteiger partial charge in [0.15, 0.2) is 0 Å². The Morgan fingerprint density at radius 3 is 2.05 bits per heavy atom. The topological polar surface area (TPSA) is 38.7 Å². The maximum Gasteiger partial charge on any atom is 0.122 e. The number of phenols is 1. The van der Waals surface area contributed by atoms with Crippen molar-refractivity contribution in [2.75, 3.05) is 14.2 Å². The van der Waals surface area contributed by atoms with Gasteiger partial charge in [-0.25, -0.2) is 0 Å². The minimum atomic E-state index is 0.306. The number of aromatic hydroxyl groups is 1. The zero-order chi connectivity index (χ0) is 13.7. The highest BCUT2D eigenvalue weighted by atomic mass is 16.5. The minimum absolute atomic E-state index is 0.306. The molecule has 0 spiro atoms. The molecule has 0 amide bonds. The predicted molar refractivity (Wildman–Crippen MR) is 75.1 cm³/mol. The first-order chi connectivity index (χ1) is 9.21. The first-order valence-corrected chi connectivity index (χ1v) is 6.21. The Morgan fingerprint density at radius 2 is 1.47 bits per heavy atom. The molecule has 0 aliphatic rings. The summed E-state index contributed by atoms with van der Waals surface area (Å²) in [4.78, 5) is 0. The van der Waals surface area contributed by atoms with Crippen LogP contribution in [0.3, 0.4) is 0 Å². The molecule has 3 heteroatoms. The van der Waals surface area contributed by atoms with Crippen molar-refractivity contribution < 1.29 is 14.6 Å². The molecule has 0 saturated heterocycles. The van der Waals surface area contributed by atoms with Crippen LogP contribution in [-0.4, -0.2) is 19.3 Å². The van der Waals surface area contributed by atoms with Crippen LogP contribution in [0.4, 0.5) is 0 Å². The fraction of sp³-hybridized carbons (Fsp3) is 0.250. The standard InChI is InChI=1S/C16H18O3/c1-18-15-9-13(10-16(11-15)19-2)7-6-12-4-3-5-14(17)8-12/h3-5,8-11,17H,6-7H2,1-2H3. The van der Waals surface area contributed by atoms with Gasteiger partial charge in [0.1, 0.15) is 17.2 Å². The largest absolute Gasteiger partial charge is 0.508 e. The molecule has 0 saturated carbocycles. The van der Waals surface area contributed by atoms with E-state index in [2.05, 4.69) is 0 Å².